The van der Waals surface area contributed by atoms with Crippen LogP contribution in [0.4, 0.5) is 0 Å². The summed E-state index contributed by atoms with van der Waals surface area (Å²) in [5.41, 5.74) is 2.36. The summed E-state index contributed by atoms with van der Waals surface area (Å²) in [7, 11) is 0. The first kappa shape index (κ1) is 23.4. The molecule has 0 amide bonds. The third kappa shape index (κ3) is 2.66. The largest absolute Gasteiger partial charge is 0.393 e. The maximum Gasteiger partial charge on any atom is 0.0762 e. The summed E-state index contributed by atoms with van der Waals surface area (Å²) in [6.45, 7) is 19.7. The highest BCUT2D eigenvalue weighted by molar-refractivity contribution is 5.35. The number of rotatable bonds is 0. The quantitative estimate of drug-likeness (QED) is 0.397. The highest BCUT2D eigenvalue weighted by Gasteiger charge is 2.69. The van der Waals surface area contributed by atoms with Crippen molar-refractivity contribution in [2.24, 2.45) is 56.7 Å². The first-order chi connectivity index (χ1) is 14.7. The average molecular weight is 443 g/mol. The van der Waals surface area contributed by atoms with Gasteiger partial charge in [0.15, 0.2) is 0 Å². The van der Waals surface area contributed by atoms with Crippen LogP contribution in [0.3, 0.4) is 0 Å². The van der Waals surface area contributed by atoms with E-state index < -0.39 is 0 Å². The number of fused-ring (bicyclic) bond motifs is 7. The second-order valence-corrected chi connectivity index (χ2v) is 14.8. The molecule has 182 valence electrons. The molecule has 2 heteroatoms. The molecule has 0 saturated heterocycles. The van der Waals surface area contributed by atoms with Crippen molar-refractivity contribution >= 4 is 0 Å². The van der Waals surface area contributed by atoms with Crippen molar-refractivity contribution in [2.75, 3.05) is 0 Å². The Hall–Kier alpha value is -0.340. The minimum absolute atomic E-state index is 0.0720. The molecule has 11 atom stereocenters. The van der Waals surface area contributed by atoms with Crippen LogP contribution in [0.1, 0.15) is 107 Å². The highest BCUT2D eigenvalue weighted by Crippen LogP contribution is 2.75. The Kier molecular flexibility index (Phi) is 5.02. The first-order valence-electron chi connectivity index (χ1n) is 13.8. The van der Waals surface area contributed by atoms with Gasteiger partial charge in [-0.05, 0) is 102 Å². The summed E-state index contributed by atoms with van der Waals surface area (Å²) in [6.07, 6.45) is 11.5. The van der Waals surface area contributed by atoms with Crippen LogP contribution in [-0.4, -0.2) is 22.4 Å². The summed E-state index contributed by atoms with van der Waals surface area (Å²) in [5.74, 6) is 2.85. The van der Waals surface area contributed by atoms with Gasteiger partial charge in [-0.25, -0.2) is 0 Å². The van der Waals surface area contributed by atoms with Gasteiger partial charge in [0.2, 0.25) is 0 Å². The predicted octanol–water partition coefficient (Wildman–Crippen LogP) is 7.00. The van der Waals surface area contributed by atoms with Gasteiger partial charge >= 0.3 is 0 Å². The van der Waals surface area contributed by atoms with Gasteiger partial charge in [-0.2, -0.15) is 0 Å². The molecular formula is C30H50O2. The summed E-state index contributed by atoms with van der Waals surface area (Å²) in [4.78, 5) is 0. The zero-order chi connectivity index (χ0) is 23.5. The van der Waals surface area contributed by atoms with Crippen LogP contribution in [0.15, 0.2) is 11.6 Å². The number of aliphatic hydroxyl groups is 2. The molecule has 0 aromatic heterocycles. The van der Waals surface area contributed by atoms with Gasteiger partial charge in [0.1, 0.15) is 0 Å². The fourth-order valence-electron chi connectivity index (χ4n) is 10.9. The molecule has 0 aliphatic heterocycles. The molecule has 4 saturated carbocycles. The Bertz CT molecular complexity index is 814. The Morgan fingerprint density at radius 3 is 2.19 bits per heavy atom. The summed E-state index contributed by atoms with van der Waals surface area (Å²) >= 11 is 0. The minimum atomic E-state index is -0.353. The molecule has 0 aromatic carbocycles. The lowest BCUT2D eigenvalue weighted by atomic mass is 9.33. The molecule has 5 aliphatic carbocycles. The van der Waals surface area contributed by atoms with Crippen LogP contribution in [0.5, 0.6) is 0 Å². The number of aliphatic hydroxyl groups excluding tert-OH is 2. The molecule has 2 nitrogen and oxygen atoms in total. The van der Waals surface area contributed by atoms with Gasteiger partial charge < -0.3 is 10.2 Å². The second-order valence-electron chi connectivity index (χ2n) is 14.8. The van der Waals surface area contributed by atoms with Crippen LogP contribution in [-0.2, 0) is 0 Å². The van der Waals surface area contributed by atoms with Gasteiger partial charge in [-0.15, -0.1) is 0 Å². The smallest absolute Gasteiger partial charge is 0.0762 e. The lowest BCUT2D eigenvalue weighted by Gasteiger charge is -2.72. The van der Waals surface area contributed by atoms with E-state index in [1.807, 2.05) is 0 Å². The highest BCUT2D eigenvalue weighted by atomic mass is 16.3. The van der Waals surface area contributed by atoms with Crippen LogP contribution in [0, 0.1) is 56.7 Å². The van der Waals surface area contributed by atoms with Crippen molar-refractivity contribution in [3.63, 3.8) is 0 Å². The average Bonchev–Trinajstić information content (AvgIpc) is 2.70. The third-order valence-electron chi connectivity index (χ3n) is 13.3. The molecule has 32 heavy (non-hydrogen) atoms. The molecule has 0 bridgehead atoms. The lowest BCUT2D eigenvalue weighted by molar-refractivity contribution is -0.225. The molecule has 4 fully saturated rings. The van der Waals surface area contributed by atoms with Gasteiger partial charge in [-0.1, -0.05) is 67.0 Å². The molecule has 0 heterocycles. The van der Waals surface area contributed by atoms with E-state index in [1.54, 1.807) is 5.57 Å². The maximum atomic E-state index is 12.0. The van der Waals surface area contributed by atoms with E-state index in [0.717, 1.165) is 18.8 Å². The SMILES string of the molecule is C[C@H]1[C@H](C)CC[C@]2(C)CC[C@]3(C)C(=C[C@@H](O)[C@@H]4[C@@]5(C)CC[C@H](O)C(C)(C)[C@H]5CC[C@]43C)[C@H]12. The molecule has 5 rings (SSSR count). The van der Waals surface area contributed by atoms with E-state index in [4.69, 9.17) is 0 Å². The van der Waals surface area contributed by atoms with Crippen molar-refractivity contribution in [2.45, 2.75) is 119 Å². The van der Waals surface area contributed by atoms with Crippen molar-refractivity contribution < 1.29 is 10.2 Å². The first-order valence-corrected chi connectivity index (χ1v) is 13.8. The number of hydrogen-bond donors (Lipinski definition) is 2. The normalized spacial score (nSPS) is 59.2. The minimum Gasteiger partial charge on any atom is -0.393 e. The fourth-order valence-corrected chi connectivity index (χ4v) is 10.9. The standard InChI is InChI=1S/C30H50O2/c1-18-9-12-27(5)15-16-29(7)20(24(27)19(18)2)17-21(31)25-28(6)13-11-23(32)26(3,4)22(28)10-14-30(25,29)8/h17-19,21-25,31-32H,9-16H2,1-8H3/t18-,19+,21-,22-,23+,24+,25-,27-,28+,29-,30-/m1/s1. The maximum absolute atomic E-state index is 12.0. The Labute approximate surface area is 197 Å². The second kappa shape index (κ2) is 6.87. The zero-order valence-corrected chi connectivity index (χ0v) is 22.2. The lowest BCUT2D eigenvalue weighted by Crippen LogP contribution is -2.67. The number of hydrogen-bond acceptors (Lipinski definition) is 2. The molecule has 5 aliphatic rings. The van der Waals surface area contributed by atoms with Crippen LogP contribution < -0.4 is 0 Å². The molecular weight excluding hydrogens is 392 g/mol. The molecule has 0 unspecified atom stereocenters. The van der Waals surface area contributed by atoms with E-state index in [9.17, 15) is 10.2 Å². The van der Waals surface area contributed by atoms with E-state index in [2.05, 4.69) is 61.5 Å². The van der Waals surface area contributed by atoms with Crippen molar-refractivity contribution in [1.29, 1.82) is 0 Å². The summed E-state index contributed by atoms with van der Waals surface area (Å²) in [5, 5.41) is 22.8. The van der Waals surface area contributed by atoms with Gasteiger partial charge in [0.05, 0.1) is 12.2 Å². The summed E-state index contributed by atoms with van der Waals surface area (Å²) in [6, 6.07) is 0. The molecule has 2 N–H and O–H groups in total. The van der Waals surface area contributed by atoms with Crippen LogP contribution in [0.25, 0.3) is 0 Å². The Morgan fingerprint density at radius 1 is 0.812 bits per heavy atom. The van der Waals surface area contributed by atoms with E-state index in [1.165, 1.54) is 38.5 Å². The van der Waals surface area contributed by atoms with Crippen molar-refractivity contribution in [1.82, 2.24) is 0 Å². The van der Waals surface area contributed by atoms with E-state index in [0.29, 0.717) is 23.2 Å². The Morgan fingerprint density at radius 2 is 1.50 bits per heavy atom. The molecule has 0 radical (unpaired) electrons. The third-order valence-corrected chi connectivity index (χ3v) is 13.3. The van der Waals surface area contributed by atoms with E-state index >= 15 is 0 Å². The van der Waals surface area contributed by atoms with Gasteiger partial charge in [0.25, 0.3) is 0 Å². The Balaban J connectivity index is 1.63. The monoisotopic (exact) mass is 442 g/mol. The zero-order valence-electron chi connectivity index (χ0n) is 22.2. The summed E-state index contributed by atoms with van der Waals surface area (Å²) < 4.78 is 0. The van der Waals surface area contributed by atoms with Gasteiger partial charge in [0, 0.05) is 5.92 Å². The molecule has 0 aromatic rings. The van der Waals surface area contributed by atoms with Crippen molar-refractivity contribution in [3.05, 3.63) is 11.6 Å². The van der Waals surface area contributed by atoms with Crippen LogP contribution >= 0.6 is 0 Å². The number of allylic oxidation sites excluding steroid dienone is 1. The van der Waals surface area contributed by atoms with Crippen molar-refractivity contribution in [3.8, 4) is 0 Å². The fraction of sp³-hybridized carbons (Fsp3) is 0.933. The predicted molar refractivity (Wildman–Crippen MR) is 132 cm³/mol. The topological polar surface area (TPSA) is 40.5 Å². The van der Waals surface area contributed by atoms with E-state index in [-0.39, 0.29) is 39.8 Å². The van der Waals surface area contributed by atoms with Crippen LogP contribution in [0.2, 0.25) is 0 Å². The van der Waals surface area contributed by atoms with Gasteiger partial charge in [-0.3, -0.25) is 0 Å². The molecule has 0 spiro atoms.